The van der Waals surface area contributed by atoms with Gasteiger partial charge in [0.15, 0.2) is 6.04 Å². The Morgan fingerprint density at radius 3 is 2.24 bits per heavy atom. The summed E-state index contributed by atoms with van der Waals surface area (Å²) in [6, 6.07) is 16.3. The van der Waals surface area contributed by atoms with Gasteiger partial charge in [-0.15, -0.1) is 0 Å². The highest BCUT2D eigenvalue weighted by molar-refractivity contribution is 5.98. The zero-order valence-electron chi connectivity index (χ0n) is 16.6. The Labute approximate surface area is 170 Å². The van der Waals surface area contributed by atoms with E-state index in [2.05, 4.69) is 11.8 Å². The Morgan fingerprint density at radius 1 is 1.03 bits per heavy atom. The van der Waals surface area contributed by atoms with Gasteiger partial charge < -0.3 is 14.7 Å². The van der Waals surface area contributed by atoms with Crippen LogP contribution >= 0.6 is 0 Å². The summed E-state index contributed by atoms with van der Waals surface area (Å²) in [6.45, 7) is 4.66. The molecule has 0 aliphatic carbocycles. The average molecular weight is 394 g/mol. The molecule has 29 heavy (non-hydrogen) atoms. The number of carbonyl (C=O) groups is 2. The van der Waals surface area contributed by atoms with Gasteiger partial charge in [-0.1, -0.05) is 49.4 Å². The van der Waals surface area contributed by atoms with Gasteiger partial charge in [0.1, 0.15) is 5.72 Å². The van der Waals surface area contributed by atoms with E-state index >= 15 is 0 Å². The minimum Gasteiger partial charge on any atom is -0.480 e. The highest BCUT2D eigenvalue weighted by Crippen LogP contribution is 2.38. The maximum atomic E-state index is 13.4. The fourth-order valence-corrected chi connectivity index (χ4v) is 4.35. The molecule has 2 aromatic carbocycles. The molecule has 1 atom stereocenters. The van der Waals surface area contributed by atoms with E-state index < -0.39 is 17.7 Å². The van der Waals surface area contributed by atoms with Crippen molar-refractivity contribution >= 4 is 11.9 Å². The second-order valence-corrected chi connectivity index (χ2v) is 7.66. The van der Waals surface area contributed by atoms with Crippen molar-refractivity contribution in [3.63, 3.8) is 0 Å². The number of rotatable bonds is 4. The first-order valence-electron chi connectivity index (χ1n) is 10.1. The van der Waals surface area contributed by atoms with Crippen LogP contribution in [0.15, 0.2) is 54.6 Å². The largest absolute Gasteiger partial charge is 0.480 e. The van der Waals surface area contributed by atoms with Crippen molar-refractivity contribution in [1.29, 1.82) is 0 Å². The van der Waals surface area contributed by atoms with Gasteiger partial charge in [0.05, 0.1) is 6.61 Å². The minimum absolute atomic E-state index is 0.0370. The number of carboxylic acids is 1. The molecule has 1 amide bonds. The van der Waals surface area contributed by atoms with Crippen LogP contribution in [0.4, 0.5) is 0 Å². The maximum Gasteiger partial charge on any atom is 0.328 e. The van der Waals surface area contributed by atoms with Crippen molar-refractivity contribution < 1.29 is 19.4 Å². The van der Waals surface area contributed by atoms with Crippen molar-refractivity contribution in [2.24, 2.45) is 0 Å². The van der Waals surface area contributed by atoms with E-state index in [9.17, 15) is 14.7 Å². The minimum atomic E-state index is -1.02. The van der Waals surface area contributed by atoms with E-state index in [-0.39, 0.29) is 12.5 Å². The van der Waals surface area contributed by atoms with E-state index in [0.717, 1.165) is 30.8 Å². The quantitative estimate of drug-likeness (QED) is 0.863. The number of carboxylic acid groups (broad SMARTS) is 1. The monoisotopic (exact) mass is 394 g/mol. The molecule has 4 rings (SSSR count). The van der Waals surface area contributed by atoms with Crippen molar-refractivity contribution in [2.75, 3.05) is 26.2 Å². The molecule has 2 aliphatic rings. The van der Waals surface area contributed by atoms with E-state index in [4.69, 9.17) is 4.74 Å². The zero-order valence-corrected chi connectivity index (χ0v) is 16.6. The summed E-state index contributed by atoms with van der Waals surface area (Å²) in [5.41, 5.74) is 1.74. The molecule has 2 fully saturated rings. The lowest BCUT2D eigenvalue weighted by Crippen LogP contribution is -2.58. The second-order valence-electron chi connectivity index (χ2n) is 7.66. The van der Waals surface area contributed by atoms with Crippen LogP contribution in [0.25, 0.3) is 11.1 Å². The summed E-state index contributed by atoms with van der Waals surface area (Å²) in [5, 5.41) is 9.70. The molecule has 2 aromatic rings. The van der Waals surface area contributed by atoms with Crippen LogP contribution in [0.2, 0.25) is 0 Å². The predicted molar refractivity (Wildman–Crippen MR) is 110 cm³/mol. The number of aliphatic carboxylic acids is 1. The van der Waals surface area contributed by atoms with Crippen LogP contribution in [-0.2, 0) is 9.53 Å². The van der Waals surface area contributed by atoms with Gasteiger partial charge in [-0.2, -0.15) is 0 Å². The van der Waals surface area contributed by atoms with Crippen LogP contribution in [0.1, 0.15) is 30.1 Å². The van der Waals surface area contributed by atoms with Gasteiger partial charge in [-0.05, 0) is 29.8 Å². The summed E-state index contributed by atoms with van der Waals surface area (Å²) in [5.74, 6) is -1.30. The molecule has 0 saturated carbocycles. The molecule has 0 bridgehead atoms. The highest BCUT2D eigenvalue weighted by Gasteiger charge is 2.53. The zero-order chi connectivity index (χ0) is 20.4. The molecule has 2 heterocycles. The van der Waals surface area contributed by atoms with Gasteiger partial charge >= 0.3 is 5.97 Å². The third-order valence-corrected chi connectivity index (χ3v) is 6.09. The molecule has 152 valence electrons. The average Bonchev–Trinajstić information content (AvgIpc) is 3.13. The van der Waals surface area contributed by atoms with E-state index in [1.54, 1.807) is 12.1 Å². The van der Waals surface area contributed by atoms with Crippen molar-refractivity contribution in [1.82, 2.24) is 9.80 Å². The van der Waals surface area contributed by atoms with Crippen LogP contribution in [-0.4, -0.2) is 64.8 Å². The Morgan fingerprint density at radius 2 is 1.66 bits per heavy atom. The van der Waals surface area contributed by atoms with E-state index in [0.29, 0.717) is 18.4 Å². The first-order chi connectivity index (χ1) is 14.0. The van der Waals surface area contributed by atoms with Gasteiger partial charge in [0.2, 0.25) is 0 Å². The summed E-state index contributed by atoms with van der Waals surface area (Å²) in [6.07, 6.45) is 1.25. The molecule has 0 radical (unpaired) electrons. The lowest BCUT2D eigenvalue weighted by Gasteiger charge is -2.44. The van der Waals surface area contributed by atoms with Crippen LogP contribution in [0.3, 0.4) is 0 Å². The third-order valence-electron chi connectivity index (χ3n) is 6.09. The molecule has 0 aromatic heterocycles. The number of nitrogens with zero attached hydrogens (tertiary/aromatic N) is 2. The fraction of sp³-hybridized carbons (Fsp3) is 0.391. The molecule has 1 spiro atoms. The molecular formula is C23H26N2O4. The molecule has 2 aliphatic heterocycles. The Hall–Kier alpha value is -2.70. The standard InChI is InChI=1S/C23H26N2O4/c1-2-24-14-12-23(13-15-24)25(20(16-29-23)22(27)28)21(26)19-10-8-18(9-11-19)17-6-4-3-5-7-17/h3-11,20H,2,12-16H2,1H3,(H,27,28). The smallest absolute Gasteiger partial charge is 0.328 e. The Bertz CT molecular complexity index is 874. The molecule has 6 nitrogen and oxygen atoms in total. The van der Waals surface area contributed by atoms with Gasteiger partial charge in [-0.25, -0.2) is 4.79 Å². The Kier molecular flexibility index (Phi) is 5.39. The normalized spacial score (nSPS) is 21.4. The van der Waals surface area contributed by atoms with Crippen molar-refractivity contribution in [3.05, 3.63) is 60.2 Å². The van der Waals surface area contributed by atoms with Crippen molar-refractivity contribution in [3.8, 4) is 11.1 Å². The van der Waals surface area contributed by atoms with E-state index in [1.807, 2.05) is 42.5 Å². The number of piperidine rings is 1. The van der Waals surface area contributed by atoms with Crippen LogP contribution in [0.5, 0.6) is 0 Å². The van der Waals surface area contributed by atoms with Crippen LogP contribution in [0, 0.1) is 0 Å². The van der Waals surface area contributed by atoms with Gasteiger partial charge in [0, 0.05) is 31.5 Å². The lowest BCUT2D eigenvalue weighted by atomic mass is 9.96. The second kappa shape index (κ2) is 7.97. The first kappa shape index (κ1) is 19.6. The summed E-state index contributed by atoms with van der Waals surface area (Å²) in [7, 11) is 0. The lowest BCUT2D eigenvalue weighted by molar-refractivity contribution is -0.143. The maximum absolute atomic E-state index is 13.4. The number of likely N-dealkylation sites (tertiary alicyclic amines) is 1. The molecule has 2 saturated heterocycles. The number of carbonyl (C=O) groups excluding carboxylic acids is 1. The molecule has 1 unspecified atom stereocenters. The van der Waals surface area contributed by atoms with Crippen molar-refractivity contribution in [2.45, 2.75) is 31.5 Å². The summed E-state index contributed by atoms with van der Waals surface area (Å²) < 4.78 is 5.99. The SMILES string of the molecule is CCN1CCC2(CC1)OCC(C(=O)O)N2C(=O)c1ccc(-c2ccccc2)cc1. The topological polar surface area (TPSA) is 70.1 Å². The summed E-state index contributed by atoms with van der Waals surface area (Å²) >= 11 is 0. The highest BCUT2D eigenvalue weighted by atomic mass is 16.5. The van der Waals surface area contributed by atoms with Gasteiger partial charge in [-0.3, -0.25) is 9.69 Å². The molecule has 1 N–H and O–H groups in total. The number of benzene rings is 2. The predicted octanol–water partition coefficient (Wildman–Crippen LogP) is 3.09. The summed E-state index contributed by atoms with van der Waals surface area (Å²) in [4.78, 5) is 29.0. The number of amides is 1. The molecular weight excluding hydrogens is 368 g/mol. The number of hydrogen-bond acceptors (Lipinski definition) is 4. The first-order valence-corrected chi connectivity index (χ1v) is 10.1. The number of ether oxygens (including phenoxy) is 1. The number of hydrogen-bond donors (Lipinski definition) is 1. The van der Waals surface area contributed by atoms with E-state index in [1.165, 1.54) is 4.90 Å². The van der Waals surface area contributed by atoms with Crippen LogP contribution < -0.4 is 0 Å². The Balaban J connectivity index is 1.61. The fourth-order valence-electron chi connectivity index (χ4n) is 4.35. The van der Waals surface area contributed by atoms with Gasteiger partial charge in [0.25, 0.3) is 5.91 Å². The molecule has 6 heteroatoms. The third kappa shape index (κ3) is 3.66.